The molecule has 3 aromatic rings. The summed E-state index contributed by atoms with van der Waals surface area (Å²) in [5.41, 5.74) is -3.76. The van der Waals surface area contributed by atoms with Gasteiger partial charge in [-0.2, -0.15) is 13.2 Å². The number of benzene rings is 3. The molecule has 1 atom stereocenters. The van der Waals surface area contributed by atoms with Crippen molar-refractivity contribution in [1.82, 2.24) is 5.32 Å². The molecule has 1 aliphatic carbocycles. The van der Waals surface area contributed by atoms with Crippen molar-refractivity contribution >= 4 is 34.4 Å². The maximum absolute atomic E-state index is 13.8. The number of hydrogen-bond acceptors (Lipinski definition) is 4. The van der Waals surface area contributed by atoms with Crippen LogP contribution in [0.2, 0.25) is 0 Å². The molecule has 0 radical (unpaired) electrons. The van der Waals surface area contributed by atoms with E-state index < -0.39 is 29.2 Å². The minimum atomic E-state index is -4.40. The first-order valence-electron chi connectivity index (χ1n) is 11.3. The number of carboxylic acids is 1. The van der Waals surface area contributed by atoms with Crippen molar-refractivity contribution in [3.63, 3.8) is 0 Å². The van der Waals surface area contributed by atoms with Gasteiger partial charge in [0, 0.05) is 10.3 Å². The Hall–Kier alpha value is -3.27. The lowest BCUT2D eigenvalue weighted by Gasteiger charge is -2.22. The van der Waals surface area contributed by atoms with Gasteiger partial charge in [-0.3, -0.25) is 4.79 Å². The predicted molar refractivity (Wildman–Crippen MR) is 127 cm³/mol. The number of rotatable bonds is 8. The summed E-state index contributed by atoms with van der Waals surface area (Å²) in [4.78, 5) is 25.1. The highest BCUT2D eigenvalue weighted by atomic mass is 32.2. The van der Waals surface area contributed by atoms with Gasteiger partial charge in [-0.05, 0) is 77.9 Å². The lowest BCUT2D eigenvalue weighted by molar-refractivity contribution is -0.140. The van der Waals surface area contributed by atoms with E-state index in [4.69, 9.17) is 4.74 Å². The Bertz CT molecular complexity index is 1260. The monoisotopic (exact) mass is 521 g/mol. The summed E-state index contributed by atoms with van der Waals surface area (Å²) >= 11 is -0.225. The number of thioether (sulfide) groups is 1. The standard InChI is InChI=1S/C26H23F4NO4S/c27-18-8-12-20-17(13-18)7-11-21(24(32)31-22(25(33)34)16-3-1-2-4-16)23(20)35-14-15-5-9-19(10-6-15)36-26(28,29)30/h5-13,16,22H,1-4,14H2,(H,31,32)(H,33,34)/t22-/m0/s1. The number of nitrogens with one attached hydrogen (secondary N) is 1. The number of carboxylic acid groups (broad SMARTS) is 1. The van der Waals surface area contributed by atoms with Gasteiger partial charge in [-0.1, -0.05) is 31.0 Å². The minimum absolute atomic E-state index is 0.0265. The van der Waals surface area contributed by atoms with Crippen LogP contribution in [0.4, 0.5) is 17.6 Å². The predicted octanol–water partition coefficient (Wildman–Crippen LogP) is 6.54. The number of halogens is 4. The summed E-state index contributed by atoms with van der Waals surface area (Å²) in [5.74, 6) is -2.26. The minimum Gasteiger partial charge on any atom is -0.487 e. The molecule has 1 amide bonds. The van der Waals surface area contributed by atoms with Crippen LogP contribution in [-0.2, 0) is 11.4 Å². The van der Waals surface area contributed by atoms with Crippen LogP contribution in [0.15, 0.2) is 59.5 Å². The SMILES string of the molecule is O=C(N[C@H](C(=O)O)C1CCCC1)c1ccc2cc(F)ccc2c1OCc1ccc(SC(F)(F)F)cc1. The Morgan fingerprint density at radius 3 is 2.39 bits per heavy atom. The zero-order valence-electron chi connectivity index (χ0n) is 19.0. The molecule has 0 heterocycles. The van der Waals surface area contributed by atoms with E-state index in [-0.39, 0.29) is 40.5 Å². The summed E-state index contributed by atoms with van der Waals surface area (Å²) in [6.07, 6.45) is 3.22. The van der Waals surface area contributed by atoms with Gasteiger partial charge in [-0.15, -0.1) is 0 Å². The van der Waals surface area contributed by atoms with Gasteiger partial charge >= 0.3 is 11.5 Å². The smallest absolute Gasteiger partial charge is 0.446 e. The lowest BCUT2D eigenvalue weighted by atomic mass is 9.97. The highest BCUT2D eigenvalue weighted by Gasteiger charge is 2.33. The highest BCUT2D eigenvalue weighted by Crippen LogP contribution is 2.37. The average Bonchev–Trinajstić information content (AvgIpc) is 3.35. The summed E-state index contributed by atoms with van der Waals surface area (Å²) < 4.78 is 57.5. The number of carbonyl (C=O) groups excluding carboxylic acids is 1. The van der Waals surface area contributed by atoms with Crippen molar-refractivity contribution in [2.24, 2.45) is 5.92 Å². The van der Waals surface area contributed by atoms with Crippen LogP contribution in [0.5, 0.6) is 5.75 Å². The third kappa shape index (κ3) is 6.29. The highest BCUT2D eigenvalue weighted by molar-refractivity contribution is 8.00. The largest absolute Gasteiger partial charge is 0.487 e. The maximum Gasteiger partial charge on any atom is 0.446 e. The Balaban J connectivity index is 1.60. The van der Waals surface area contributed by atoms with Gasteiger partial charge in [0.2, 0.25) is 0 Å². The van der Waals surface area contributed by atoms with Crippen LogP contribution in [0, 0.1) is 11.7 Å². The third-order valence-electron chi connectivity index (χ3n) is 6.14. The molecule has 0 saturated heterocycles. The average molecular weight is 522 g/mol. The number of ether oxygens (including phenoxy) is 1. The second-order valence-electron chi connectivity index (χ2n) is 8.62. The fourth-order valence-corrected chi connectivity index (χ4v) is 4.98. The fourth-order valence-electron chi connectivity index (χ4n) is 4.44. The molecular formula is C26H23F4NO4S. The van der Waals surface area contributed by atoms with E-state index >= 15 is 0 Å². The molecule has 3 aromatic carbocycles. The first kappa shape index (κ1) is 25.8. The summed E-state index contributed by atoms with van der Waals surface area (Å²) in [5, 5.41) is 13.2. The molecule has 10 heteroatoms. The van der Waals surface area contributed by atoms with Gasteiger partial charge in [0.15, 0.2) is 0 Å². The van der Waals surface area contributed by atoms with E-state index in [1.54, 1.807) is 6.07 Å². The molecule has 0 unspecified atom stereocenters. The van der Waals surface area contributed by atoms with E-state index in [1.807, 2.05) is 0 Å². The first-order chi connectivity index (χ1) is 17.1. The number of hydrogen-bond donors (Lipinski definition) is 2. The second kappa shape index (κ2) is 10.8. The summed E-state index contributed by atoms with van der Waals surface area (Å²) in [7, 11) is 0. The molecule has 1 fully saturated rings. The van der Waals surface area contributed by atoms with E-state index in [2.05, 4.69) is 5.32 Å². The molecule has 4 rings (SSSR count). The third-order valence-corrected chi connectivity index (χ3v) is 6.88. The topological polar surface area (TPSA) is 75.6 Å². The second-order valence-corrected chi connectivity index (χ2v) is 9.76. The molecule has 0 spiro atoms. The molecule has 0 aliphatic heterocycles. The van der Waals surface area contributed by atoms with Gasteiger partial charge in [-0.25, -0.2) is 9.18 Å². The van der Waals surface area contributed by atoms with Crippen LogP contribution in [-0.4, -0.2) is 28.5 Å². The van der Waals surface area contributed by atoms with E-state index in [9.17, 15) is 32.3 Å². The number of amides is 1. The van der Waals surface area contributed by atoms with Gasteiger partial charge < -0.3 is 15.2 Å². The molecule has 5 nitrogen and oxygen atoms in total. The number of fused-ring (bicyclic) bond motifs is 1. The Morgan fingerprint density at radius 2 is 1.75 bits per heavy atom. The normalized spacial score (nSPS) is 15.1. The van der Waals surface area contributed by atoms with E-state index in [0.717, 1.165) is 12.8 Å². The lowest BCUT2D eigenvalue weighted by Crippen LogP contribution is -2.45. The molecular weight excluding hydrogens is 498 g/mol. The van der Waals surface area contributed by atoms with E-state index in [1.165, 1.54) is 48.5 Å². The Morgan fingerprint density at radius 1 is 1.06 bits per heavy atom. The number of carbonyl (C=O) groups is 2. The van der Waals surface area contributed by atoms with Crippen molar-refractivity contribution in [3.05, 3.63) is 71.5 Å². The molecule has 0 bridgehead atoms. The zero-order chi connectivity index (χ0) is 25.9. The summed E-state index contributed by atoms with van der Waals surface area (Å²) in [6.45, 7) is -0.0707. The zero-order valence-corrected chi connectivity index (χ0v) is 19.8. The number of aliphatic carboxylic acids is 1. The van der Waals surface area contributed by atoms with Crippen molar-refractivity contribution in [3.8, 4) is 5.75 Å². The van der Waals surface area contributed by atoms with Crippen molar-refractivity contribution < 1.29 is 37.0 Å². The molecule has 36 heavy (non-hydrogen) atoms. The molecule has 2 N–H and O–H groups in total. The van der Waals surface area contributed by atoms with E-state index in [0.29, 0.717) is 29.2 Å². The van der Waals surface area contributed by atoms with Gasteiger partial charge in [0.05, 0.1) is 5.56 Å². The van der Waals surface area contributed by atoms with Crippen molar-refractivity contribution in [1.29, 1.82) is 0 Å². The van der Waals surface area contributed by atoms with Crippen LogP contribution < -0.4 is 10.1 Å². The molecule has 190 valence electrons. The molecule has 1 saturated carbocycles. The maximum atomic E-state index is 13.8. The first-order valence-corrected chi connectivity index (χ1v) is 12.2. The quantitative estimate of drug-likeness (QED) is 0.260. The Kier molecular flexibility index (Phi) is 7.73. The fraction of sp³-hybridized carbons (Fsp3) is 0.308. The van der Waals surface area contributed by atoms with Crippen molar-refractivity contribution in [2.75, 3.05) is 0 Å². The van der Waals surface area contributed by atoms with Crippen LogP contribution in [0.3, 0.4) is 0 Å². The number of alkyl halides is 3. The van der Waals surface area contributed by atoms with Gasteiger partial charge in [0.25, 0.3) is 5.91 Å². The summed E-state index contributed by atoms with van der Waals surface area (Å²) in [6, 6.07) is 11.5. The Labute approximate surface area is 208 Å². The van der Waals surface area contributed by atoms with Gasteiger partial charge in [0.1, 0.15) is 24.2 Å². The van der Waals surface area contributed by atoms with Crippen LogP contribution >= 0.6 is 11.8 Å². The van der Waals surface area contributed by atoms with Crippen LogP contribution in [0.1, 0.15) is 41.6 Å². The molecule has 0 aromatic heterocycles. The molecule has 1 aliphatic rings. The van der Waals surface area contributed by atoms with Crippen LogP contribution in [0.25, 0.3) is 10.8 Å². The van der Waals surface area contributed by atoms with Crippen molar-refractivity contribution in [2.45, 2.75) is 48.7 Å².